The Kier molecular flexibility index (Phi) is 5.67. The van der Waals surface area contributed by atoms with E-state index in [-0.39, 0.29) is 35.7 Å². The van der Waals surface area contributed by atoms with Crippen molar-refractivity contribution < 1.29 is 36.6 Å². The van der Waals surface area contributed by atoms with Gasteiger partial charge in [0.25, 0.3) is 0 Å². The zero-order chi connectivity index (χ0) is 26.3. The van der Waals surface area contributed by atoms with E-state index in [2.05, 4.69) is 0 Å². The number of halogens is 5. The number of fused-ring (bicyclic) bond motifs is 5. The molecule has 7 atom stereocenters. The lowest BCUT2D eigenvalue weighted by atomic mass is 9.46. The summed E-state index contributed by atoms with van der Waals surface area (Å²) in [6, 6.07) is 6.79. The van der Waals surface area contributed by atoms with E-state index in [1.165, 1.54) is 19.9 Å². The highest BCUT2D eigenvalue weighted by Crippen LogP contribution is 2.69. The Morgan fingerprint density at radius 2 is 1.69 bits per heavy atom. The van der Waals surface area contributed by atoms with Crippen molar-refractivity contribution in [3.63, 3.8) is 0 Å². The van der Waals surface area contributed by atoms with E-state index in [9.17, 15) is 36.6 Å². The van der Waals surface area contributed by atoms with Crippen LogP contribution >= 0.6 is 0 Å². The SMILES string of the molecule is CC(=O)c1ccc(C2C[C@@]3(C)[C@@H](C=CC3(O)C(F)(F)C(F)(F)F)[C@@H]3CCC4=CC(=O)CC[C@@H]4[C@@H]23)cc1. The van der Waals surface area contributed by atoms with Crippen LogP contribution in [0.25, 0.3) is 0 Å². The van der Waals surface area contributed by atoms with E-state index < -0.39 is 35.0 Å². The van der Waals surface area contributed by atoms with E-state index >= 15 is 0 Å². The molecule has 8 heteroatoms. The molecule has 0 bridgehead atoms. The number of carbonyl (C=O) groups is 2. The van der Waals surface area contributed by atoms with Crippen molar-refractivity contribution in [1.29, 1.82) is 0 Å². The molecule has 4 aliphatic carbocycles. The van der Waals surface area contributed by atoms with Crippen molar-refractivity contribution in [1.82, 2.24) is 0 Å². The van der Waals surface area contributed by atoms with Crippen LogP contribution in [0.3, 0.4) is 0 Å². The molecule has 5 rings (SSSR count). The normalized spacial score (nSPS) is 38.2. The largest absolute Gasteiger partial charge is 0.456 e. The Bertz CT molecular complexity index is 1150. The molecule has 2 fully saturated rings. The zero-order valence-electron chi connectivity index (χ0n) is 20.1. The Morgan fingerprint density at radius 1 is 1.03 bits per heavy atom. The summed E-state index contributed by atoms with van der Waals surface area (Å²) < 4.78 is 70.6. The molecule has 1 N–H and O–H groups in total. The van der Waals surface area contributed by atoms with Gasteiger partial charge in [0.2, 0.25) is 0 Å². The second-order valence-electron chi connectivity index (χ2n) is 11.2. The topological polar surface area (TPSA) is 54.4 Å². The molecule has 0 radical (unpaired) electrons. The van der Waals surface area contributed by atoms with Gasteiger partial charge in [-0.05, 0) is 79.9 Å². The first-order valence-electron chi connectivity index (χ1n) is 12.4. The van der Waals surface area contributed by atoms with Crippen LogP contribution in [-0.2, 0) is 4.79 Å². The van der Waals surface area contributed by atoms with E-state index in [0.717, 1.165) is 11.1 Å². The van der Waals surface area contributed by atoms with Crippen LogP contribution in [0.2, 0.25) is 0 Å². The van der Waals surface area contributed by atoms with Crippen LogP contribution in [-0.4, -0.2) is 34.4 Å². The van der Waals surface area contributed by atoms with Gasteiger partial charge in [-0.2, -0.15) is 22.0 Å². The smallest absolute Gasteiger partial charge is 0.378 e. The quantitative estimate of drug-likeness (QED) is 0.291. The van der Waals surface area contributed by atoms with Crippen molar-refractivity contribution in [2.24, 2.45) is 29.1 Å². The van der Waals surface area contributed by atoms with Crippen molar-refractivity contribution in [3.05, 3.63) is 59.2 Å². The third kappa shape index (κ3) is 3.39. The highest BCUT2D eigenvalue weighted by molar-refractivity contribution is 5.94. The molecule has 194 valence electrons. The summed E-state index contributed by atoms with van der Waals surface area (Å²) >= 11 is 0. The van der Waals surface area contributed by atoms with Gasteiger partial charge in [-0.15, -0.1) is 0 Å². The van der Waals surface area contributed by atoms with Gasteiger partial charge in [0.1, 0.15) is 0 Å². The molecule has 0 aliphatic heterocycles. The molecule has 3 nitrogen and oxygen atoms in total. The number of ketones is 2. The molecular weight excluding hydrogens is 479 g/mol. The molecule has 0 heterocycles. The Balaban J connectivity index is 1.64. The van der Waals surface area contributed by atoms with Gasteiger partial charge >= 0.3 is 12.1 Å². The van der Waals surface area contributed by atoms with Crippen LogP contribution < -0.4 is 0 Å². The summed E-state index contributed by atoms with van der Waals surface area (Å²) in [5, 5.41) is 11.2. The molecule has 36 heavy (non-hydrogen) atoms. The number of Topliss-reactive ketones (excluding diaryl/α,β-unsaturated/α-hetero) is 1. The predicted octanol–water partition coefficient (Wildman–Crippen LogP) is 6.43. The lowest BCUT2D eigenvalue weighted by Crippen LogP contribution is -2.66. The summed E-state index contributed by atoms with van der Waals surface area (Å²) in [7, 11) is 0. The Morgan fingerprint density at radius 3 is 2.31 bits per heavy atom. The minimum Gasteiger partial charge on any atom is -0.378 e. The summed E-state index contributed by atoms with van der Waals surface area (Å²) in [5.74, 6) is -6.77. The Hall–Kier alpha value is -2.35. The van der Waals surface area contributed by atoms with Gasteiger partial charge in [0.05, 0.1) is 0 Å². The number of allylic oxidation sites excluding steroid dienone is 3. The minimum atomic E-state index is -5.91. The number of benzene rings is 1. The fraction of sp³-hybridized carbons (Fsp3) is 0.571. The van der Waals surface area contributed by atoms with Gasteiger partial charge in [0.15, 0.2) is 17.2 Å². The highest BCUT2D eigenvalue weighted by Gasteiger charge is 2.78. The first-order chi connectivity index (χ1) is 16.7. The Labute approximate surface area is 206 Å². The summed E-state index contributed by atoms with van der Waals surface area (Å²) in [6.07, 6.45) is -0.105. The average molecular weight is 509 g/mol. The number of rotatable bonds is 3. The molecule has 1 aromatic carbocycles. The van der Waals surface area contributed by atoms with Crippen molar-refractivity contribution >= 4 is 11.6 Å². The van der Waals surface area contributed by atoms with E-state index in [1.54, 1.807) is 30.3 Å². The zero-order valence-corrected chi connectivity index (χ0v) is 20.1. The third-order valence-electron chi connectivity index (χ3n) is 9.55. The van der Waals surface area contributed by atoms with Crippen LogP contribution in [0.4, 0.5) is 22.0 Å². The standard InChI is InChI=1S/C28H29F5O3/c1-15(34)16-3-5-17(6-4-16)22-14-25(2)23(11-12-26(25,36)27(29,30)28(31,32)33)21-9-7-18-13-19(35)8-10-20(18)24(21)22/h3-6,11-13,20-24,36H,7-10,14H2,1-2H3/t20-,21-,22?,23-,24+,25-,26?/m0/s1. The van der Waals surface area contributed by atoms with Crippen LogP contribution in [0.5, 0.6) is 0 Å². The fourth-order valence-corrected chi connectivity index (χ4v) is 7.77. The van der Waals surface area contributed by atoms with E-state index in [0.29, 0.717) is 37.3 Å². The number of carbonyl (C=O) groups excluding carboxylic acids is 2. The lowest BCUT2D eigenvalue weighted by molar-refractivity contribution is -0.354. The molecule has 2 saturated carbocycles. The molecule has 0 saturated heterocycles. The maximum atomic E-state index is 14.9. The number of hydrogen-bond acceptors (Lipinski definition) is 3. The first kappa shape index (κ1) is 25.3. The third-order valence-corrected chi connectivity index (χ3v) is 9.55. The van der Waals surface area contributed by atoms with Crippen molar-refractivity contribution in [3.8, 4) is 0 Å². The summed E-state index contributed by atoms with van der Waals surface area (Å²) in [6.45, 7) is 2.79. The maximum Gasteiger partial charge on any atom is 0.456 e. The van der Waals surface area contributed by atoms with Crippen LogP contribution in [0.15, 0.2) is 48.1 Å². The molecular formula is C28H29F5O3. The molecule has 0 aromatic heterocycles. The monoisotopic (exact) mass is 508 g/mol. The number of hydrogen-bond donors (Lipinski definition) is 1. The predicted molar refractivity (Wildman–Crippen MR) is 123 cm³/mol. The highest BCUT2D eigenvalue weighted by atomic mass is 19.4. The summed E-state index contributed by atoms with van der Waals surface area (Å²) in [4.78, 5) is 23.9. The van der Waals surface area contributed by atoms with Gasteiger partial charge < -0.3 is 5.11 Å². The minimum absolute atomic E-state index is 0.0219. The molecule has 2 unspecified atom stereocenters. The first-order valence-corrected chi connectivity index (χ1v) is 12.4. The van der Waals surface area contributed by atoms with Gasteiger partial charge in [-0.1, -0.05) is 42.8 Å². The molecule has 0 amide bonds. The average Bonchev–Trinajstić information content (AvgIpc) is 3.09. The van der Waals surface area contributed by atoms with E-state index in [4.69, 9.17) is 0 Å². The van der Waals surface area contributed by atoms with Crippen LogP contribution in [0.1, 0.15) is 67.8 Å². The molecule has 1 aromatic rings. The van der Waals surface area contributed by atoms with E-state index in [1.807, 2.05) is 0 Å². The second kappa shape index (κ2) is 8.07. The van der Waals surface area contributed by atoms with Gasteiger partial charge in [-0.25, -0.2) is 0 Å². The van der Waals surface area contributed by atoms with Gasteiger partial charge in [0, 0.05) is 17.4 Å². The summed E-state index contributed by atoms with van der Waals surface area (Å²) in [5.41, 5.74) is -2.89. The van der Waals surface area contributed by atoms with Crippen molar-refractivity contribution in [2.45, 2.75) is 69.6 Å². The second-order valence-corrected chi connectivity index (χ2v) is 11.2. The number of aliphatic hydroxyl groups is 1. The van der Waals surface area contributed by atoms with Crippen LogP contribution in [0, 0.1) is 29.1 Å². The molecule has 4 aliphatic rings. The lowest BCUT2D eigenvalue weighted by Gasteiger charge is -2.59. The fourth-order valence-electron chi connectivity index (χ4n) is 7.77. The van der Waals surface area contributed by atoms with Crippen molar-refractivity contribution in [2.75, 3.05) is 0 Å². The molecule has 0 spiro atoms. The maximum absolute atomic E-state index is 14.9. The number of alkyl halides is 5. The van der Waals surface area contributed by atoms with Gasteiger partial charge in [-0.3, -0.25) is 9.59 Å².